The minimum Gasteiger partial charge on any atom is -0.485 e. The van der Waals surface area contributed by atoms with E-state index in [1.807, 2.05) is 12.1 Å². The predicted octanol–water partition coefficient (Wildman–Crippen LogP) is 1.95. The molecule has 1 fully saturated rings. The van der Waals surface area contributed by atoms with Crippen LogP contribution in [0, 0.1) is 0 Å². The van der Waals surface area contributed by atoms with E-state index in [4.69, 9.17) is 4.74 Å². The molecule has 16 heavy (non-hydrogen) atoms. The summed E-state index contributed by atoms with van der Waals surface area (Å²) in [5, 5.41) is 0. The van der Waals surface area contributed by atoms with Gasteiger partial charge in [-0.25, -0.2) is 0 Å². The van der Waals surface area contributed by atoms with Gasteiger partial charge < -0.3 is 9.47 Å². The molecule has 0 radical (unpaired) electrons. The molecule has 4 nitrogen and oxygen atoms in total. The van der Waals surface area contributed by atoms with Crippen LogP contribution in [0.25, 0.3) is 0 Å². The molecule has 0 spiro atoms. The third kappa shape index (κ3) is 2.32. The Morgan fingerprint density at radius 3 is 2.88 bits per heavy atom. The zero-order valence-electron chi connectivity index (χ0n) is 9.31. The first-order valence-corrected chi connectivity index (χ1v) is 5.40. The first kappa shape index (κ1) is 10.9. The highest BCUT2D eigenvalue weighted by molar-refractivity contribution is 5.70. The normalized spacial score (nSPS) is 17.3. The summed E-state index contributed by atoms with van der Waals surface area (Å²) < 4.78 is 10.5. The van der Waals surface area contributed by atoms with E-state index in [2.05, 4.69) is 9.72 Å². The van der Waals surface area contributed by atoms with Gasteiger partial charge in [-0.1, -0.05) is 0 Å². The van der Waals surface area contributed by atoms with Crippen molar-refractivity contribution in [2.24, 2.45) is 0 Å². The third-order valence-corrected chi connectivity index (χ3v) is 2.93. The van der Waals surface area contributed by atoms with Crippen molar-refractivity contribution in [1.29, 1.82) is 0 Å². The second-order valence-corrected chi connectivity index (χ2v) is 4.08. The van der Waals surface area contributed by atoms with Gasteiger partial charge in [0.1, 0.15) is 11.4 Å². The highest BCUT2D eigenvalue weighted by Crippen LogP contribution is 2.39. The van der Waals surface area contributed by atoms with Gasteiger partial charge in [-0.3, -0.25) is 9.78 Å². The molecule has 0 saturated heterocycles. The Morgan fingerprint density at radius 2 is 2.38 bits per heavy atom. The van der Waals surface area contributed by atoms with Crippen molar-refractivity contribution in [3.8, 4) is 5.75 Å². The second-order valence-electron chi connectivity index (χ2n) is 4.08. The number of pyridine rings is 1. The number of ether oxygens (including phenoxy) is 2. The van der Waals surface area contributed by atoms with Crippen LogP contribution >= 0.6 is 0 Å². The molecule has 1 aliphatic carbocycles. The number of nitrogens with zero attached hydrogens (tertiary/aromatic N) is 1. The van der Waals surface area contributed by atoms with Crippen LogP contribution in [0.1, 0.15) is 25.7 Å². The standard InChI is InChI=1S/C12H15NO3/c1-15-11(14)8-12(5-3-6-12)16-10-4-2-7-13-9-10/h2,4,7,9H,3,5-6,8H2,1H3. The number of aromatic nitrogens is 1. The molecule has 2 rings (SSSR count). The molecular weight excluding hydrogens is 206 g/mol. The molecule has 1 aliphatic rings. The lowest BCUT2D eigenvalue weighted by Crippen LogP contribution is -2.45. The Kier molecular flexibility index (Phi) is 3.08. The first-order chi connectivity index (χ1) is 7.74. The van der Waals surface area contributed by atoms with E-state index < -0.39 is 0 Å². The summed E-state index contributed by atoms with van der Waals surface area (Å²) >= 11 is 0. The number of esters is 1. The lowest BCUT2D eigenvalue weighted by molar-refractivity contribution is -0.148. The number of hydrogen-bond donors (Lipinski definition) is 0. The summed E-state index contributed by atoms with van der Waals surface area (Å²) in [5.41, 5.74) is -0.365. The maximum Gasteiger partial charge on any atom is 0.309 e. The molecule has 0 atom stereocenters. The fourth-order valence-electron chi connectivity index (χ4n) is 1.88. The van der Waals surface area contributed by atoms with Crippen LogP contribution in [-0.2, 0) is 9.53 Å². The Hall–Kier alpha value is -1.58. The zero-order chi connectivity index (χ0) is 11.4. The van der Waals surface area contributed by atoms with Crippen LogP contribution in [0.5, 0.6) is 5.75 Å². The molecule has 1 heterocycles. The van der Waals surface area contributed by atoms with Crippen molar-refractivity contribution in [2.45, 2.75) is 31.3 Å². The molecule has 0 aromatic carbocycles. The lowest BCUT2D eigenvalue weighted by Gasteiger charge is -2.40. The average molecular weight is 221 g/mol. The number of carbonyl (C=O) groups excluding carboxylic acids is 1. The Morgan fingerprint density at radius 1 is 1.56 bits per heavy atom. The van der Waals surface area contributed by atoms with Crippen LogP contribution in [0.3, 0.4) is 0 Å². The van der Waals surface area contributed by atoms with Gasteiger partial charge >= 0.3 is 5.97 Å². The van der Waals surface area contributed by atoms with E-state index in [-0.39, 0.29) is 11.6 Å². The van der Waals surface area contributed by atoms with Gasteiger partial charge in [0.05, 0.1) is 19.7 Å². The summed E-state index contributed by atoms with van der Waals surface area (Å²) in [6.45, 7) is 0. The predicted molar refractivity (Wildman–Crippen MR) is 58.1 cm³/mol. The minimum absolute atomic E-state index is 0.219. The third-order valence-electron chi connectivity index (χ3n) is 2.93. The van der Waals surface area contributed by atoms with E-state index >= 15 is 0 Å². The molecule has 0 aliphatic heterocycles. The van der Waals surface area contributed by atoms with Gasteiger partial charge in [-0.15, -0.1) is 0 Å². The van der Waals surface area contributed by atoms with Crippen LogP contribution in [0.2, 0.25) is 0 Å². The molecule has 0 amide bonds. The van der Waals surface area contributed by atoms with E-state index in [9.17, 15) is 4.79 Å². The van der Waals surface area contributed by atoms with Crippen molar-refractivity contribution in [3.63, 3.8) is 0 Å². The number of methoxy groups -OCH3 is 1. The highest BCUT2D eigenvalue weighted by atomic mass is 16.5. The van der Waals surface area contributed by atoms with Crippen molar-refractivity contribution < 1.29 is 14.3 Å². The molecule has 86 valence electrons. The molecular formula is C12H15NO3. The number of carbonyl (C=O) groups is 1. The van der Waals surface area contributed by atoms with Gasteiger partial charge in [0.2, 0.25) is 0 Å². The van der Waals surface area contributed by atoms with E-state index in [0.29, 0.717) is 12.2 Å². The van der Waals surface area contributed by atoms with Crippen molar-refractivity contribution in [1.82, 2.24) is 4.98 Å². The monoisotopic (exact) mass is 221 g/mol. The van der Waals surface area contributed by atoms with E-state index in [1.165, 1.54) is 7.11 Å². The van der Waals surface area contributed by atoms with Gasteiger partial charge in [-0.2, -0.15) is 0 Å². The highest BCUT2D eigenvalue weighted by Gasteiger charge is 2.41. The van der Waals surface area contributed by atoms with Gasteiger partial charge in [0.25, 0.3) is 0 Å². The second kappa shape index (κ2) is 4.51. The maximum absolute atomic E-state index is 11.3. The minimum atomic E-state index is -0.365. The average Bonchev–Trinajstić information content (AvgIpc) is 2.27. The molecule has 1 aromatic heterocycles. The summed E-state index contributed by atoms with van der Waals surface area (Å²) in [6, 6.07) is 3.67. The van der Waals surface area contributed by atoms with Gasteiger partial charge in [0, 0.05) is 6.20 Å². The van der Waals surface area contributed by atoms with Crippen molar-refractivity contribution >= 4 is 5.97 Å². The van der Waals surface area contributed by atoms with Crippen molar-refractivity contribution in [2.75, 3.05) is 7.11 Å². The number of hydrogen-bond acceptors (Lipinski definition) is 4. The van der Waals surface area contributed by atoms with Crippen LogP contribution < -0.4 is 4.74 Å². The Labute approximate surface area is 94.6 Å². The molecule has 0 N–H and O–H groups in total. The van der Waals surface area contributed by atoms with Crippen LogP contribution in [-0.4, -0.2) is 23.7 Å². The molecule has 0 bridgehead atoms. The van der Waals surface area contributed by atoms with E-state index in [0.717, 1.165) is 19.3 Å². The van der Waals surface area contributed by atoms with Crippen LogP contribution in [0.4, 0.5) is 0 Å². The Balaban J connectivity index is 2.02. The summed E-state index contributed by atoms with van der Waals surface area (Å²) in [6.07, 6.45) is 6.57. The largest absolute Gasteiger partial charge is 0.485 e. The zero-order valence-corrected chi connectivity index (χ0v) is 9.31. The summed E-state index contributed by atoms with van der Waals surface area (Å²) in [5.74, 6) is 0.495. The summed E-state index contributed by atoms with van der Waals surface area (Å²) in [7, 11) is 1.40. The topological polar surface area (TPSA) is 48.4 Å². The molecule has 1 saturated carbocycles. The van der Waals surface area contributed by atoms with Gasteiger partial charge in [0.15, 0.2) is 0 Å². The molecule has 1 aromatic rings. The molecule has 0 unspecified atom stereocenters. The number of rotatable bonds is 4. The Bertz CT molecular complexity index is 360. The summed E-state index contributed by atoms with van der Waals surface area (Å²) in [4.78, 5) is 15.3. The first-order valence-electron chi connectivity index (χ1n) is 5.40. The van der Waals surface area contributed by atoms with E-state index in [1.54, 1.807) is 12.4 Å². The quantitative estimate of drug-likeness (QED) is 0.729. The van der Waals surface area contributed by atoms with Crippen molar-refractivity contribution in [3.05, 3.63) is 24.5 Å². The fraction of sp³-hybridized carbons (Fsp3) is 0.500. The van der Waals surface area contributed by atoms with Crippen LogP contribution in [0.15, 0.2) is 24.5 Å². The SMILES string of the molecule is COC(=O)CC1(Oc2cccnc2)CCC1. The van der Waals surface area contributed by atoms with Gasteiger partial charge in [-0.05, 0) is 31.4 Å². The smallest absolute Gasteiger partial charge is 0.309 e. The molecule has 4 heteroatoms. The fourth-order valence-corrected chi connectivity index (χ4v) is 1.88. The lowest BCUT2D eigenvalue weighted by atomic mass is 9.77. The maximum atomic E-state index is 11.3.